The van der Waals surface area contributed by atoms with Crippen LogP contribution in [0.5, 0.6) is 0 Å². The number of nitrogens with zero attached hydrogens (tertiary/aromatic N) is 3. The zero-order valence-electron chi connectivity index (χ0n) is 11.9. The maximum absolute atomic E-state index is 11.9. The molecule has 0 unspecified atom stereocenters. The summed E-state index contributed by atoms with van der Waals surface area (Å²) in [5, 5.41) is 4.52. The fraction of sp³-hybridized carbons (Fsp3) is 0.188. The van der Waals surface area contributed by atoms with Crippen LogP contribution in [0, 0.1) is 6.92 Å². The van der Waals surface area contributed by atoms with E-state index in [0.29, 0.717) is 17.9 Å². The lowest BCUT2D eigenvalue weighted by Gasteiger charge is -2.06. The molecule has 106 valence electrons. The summed E-state index contributed by atoms with van der Waals surface area (Å²) in [6.45, 7) is 4.12. The average molecular weight is 281 g/mol. The number of rotatable bonds is 3. The highest BCUT2D eigenvalue weighted by Crippen LogP contribution is 2.21. The number of ether oxygens (including phenoxy) is 1. The molecular weight excluding hydrogens is 266 g/mol. The molecule has 1 aromatic carbocycles. The first-order valence-electron chi connectivity index (χ1n) is 6.78. The van der Waals surface area contributed by atoms with Gasteiger partial charge in [0.2, 0.25) is 0 Å². The number of benzene rings is 1. The van der Waals surface area contributed by atoms with Gasteiger partial charge >= 0.3 is 5.97 Å². The van der Waals surface area contributed by atoms with Crippen molar-refractivity contribution in [2.24, 2.45) is 0 Å². The SMILES string of the molecule is CCOC(=O)c1cnc2ccc(-c3ccccc3C)nn12. The highest BCUT2D eigenvalue weighted by Gasteiger charge is 2.15. The number of fused-ring (bicyclic) bond motifs is 1. The van der Waals surface area contributed by atoms with Crippen LogP contribution in [0.2, 0.25) is 0 Å². The molecule has 0 aliphatic heterocycles. The minimum Gasteiger partial charge on any atom is -0.461 e. The topological polar surface area (TPSA) is 56.5 Å². The second-order valence-electron chi connectivity index (χ2n) is 4.67. The van der Waals surface area contributed by atoms with Crippen LogP contribution >= 0.6 is 0 Å². The van der Waals surface area contributed by atoms with Gasteiger partial charge in [-0.15, -0.1) is 0 Å². The molecule has 0 bridgehead atoms. The van der Waals surface area contributed by atoms with Crippen molar-refractivity contribution in [1.29, 1.82) is 0 Å². The molecule has 0 N–H and O–H groups in total. The van der Waals surface area contributed by atoms with Crippen molar-refractivity contribution in [2.75, 3.05) is 6.61 Å². The Bertz CT molecular complexity index is 808. The summed E-state index contributed by atoms with van der Waals surface area (Å²) in [4.78, 5) is 16.1. The number of esters is 1. The monoisotopic (exact) mass is 281 g/mol. The van der Waals surface area contributed by atoms with Gasteiger partial charge < -0.3 is 4.74 Å². The molecule has 0 saturated heterocycles. The van der Waals surface area contributed by atoms with Crippen molar-refractivity contribution in [3.8, 4) is 11.3 Å². The summed E-state index contributed by atoms with van der Waals surface area (Å²) in [5.74, 6) is -0.417. The highest BCUT2D eigenvalue weighted by atomic mass is 16.5. The van der Waals surface area contributed by atoms with E-state index in [2.05, 4.69) is 10.1 Å². The van der Waals surface area contributed by atoms with E-state index in [0.717, 1.165) is 16.8 Å². The molecule has 0 saturated carbocycles. The number of hydrogen-bond acceptors (Lipinski definition) is 4. The number of carbonyl (C=O) groups is 1. The zero-order chi connectivity index (χ0) is 14.8. The van der Waals surface area contributed by atoms with Crippen molar-refractivity contribution in [2.45, 2.75) is 13.8 Å². The summed E-state index contributed by atoms with van der Waals surface area (Å²) >= 11 is 0. The van der Waals surface area contributed by atoms with Gasteiger partial charge in [-0.3, -0.25) is 0 Å². The molecular formula is C16H15N3O2. The Labute approximate surface area is 122 Å². The lowest BCUT2D eigenvalue weighted by molar-refractivity contribution is 0.0517. The predicted molar refractivity (Wildman–Crippen MR) is 79.1 cm³/mol. The minimum atomic E-state index is -0.417. The minimum absolute atomic E-state index is 0.323. The van der Waals surface area contributed by atoms with Crippen molar-refractivity contribution in [3.05, 3.63) is 53.9 Å². The summed E-state index contributed by atoms with van der Waals surface area (Å²) in [6.07, 6.45) is 1.49. The van der Waals surface area contributed by atoms with Gasteiger partial charge in [-0.1, -0.05) is 24.3 Å². The van der Waals surface area contributed by atoms with Crippen LogP contribution in [0.25, 0.3) is 16.9 Å². The molecule has 5 heteroatoms. The second-order valence-corrected chi connectivity index (χ2v) is 4.67. The van der Waals surface area contributed by atoms with Gasteiger partial charge in [-0.2, -0.15) is 5.10 Å². The molecule has 0 aliphatic carbocycles. The molecule has 3 rings (SSSR count). The smallest absolute Gasteiger partial charge is 0.358 e. The first kappa shape index (κ1) is 13.3. The van der Waals surface area contributed by atoms with E-state index in [-0.39, 0.29) is 0 Å². The van der Waals surface area contributed by atoms with Gasteiger partial charge in [0, 0.05) is 5.56 Å². The third-order valence-electron chi connectivity index (χ3n) is 3.27. The predicted octanol–water partition coefficient (Wildman–Crippen LogP) is 2.88. The van der Waals surface area contributed by atoms with Gasteiger partial charge in [0.1, 0.15) is 0 Å². The van der Waals surface area contributed by atoms with E-state index in [1.54, 1.807) is 6.92 Å². The molecule has 0 spiro atoms. The fourth-order valence-electron chi connectivity index (χ4n) is 2.22. The molecule has 5 nitrogen and oxygen atoms in total. The Hall–Kier alpha value is -2.69. The van der Waals surface area contributed by atoms with Crippen LogP contribution in [-0.4, -0.2) is 27.2 Å². The van der Waals surface area contributed by atoms with Gasteiger partial charge in [0.25, 0.3) is 0 Å². The number of aryl methyl sites for hydroxylation is 1. The molecule has 0 fully saturated rings. The lowest BCUT2D eigenvalue weighted by atomic mass is 10.1. The highest BCUT2D eigenvalue weighted by molar-refractivity contribution is 5.88. The van der Waals surface area contributed by atoms with E-state index < -0.39 is 5.97 Å². The Morgan fingerprint density at radius 2 is 2.05 bits per heavy atom. The maximum atomic E-state index is 11.9. The Kier molecular flexibility index (Phi) is 3.39. The summed E-state index contributed by atoms with van der Waals surface area (Å²) < 4.78 is 6.55. The van der Waals surface area contributed by atoms with Crippen molar-refractivity contribution < 1.29 is 9.53 Å². The van der Waals surface area contributed by atoms with Crippen LogP contribution in [0.15, 0.2) is 42.6 Å². The fourth-order valence-corrected chi connectivity index (χ4v) is 2.22. The zero-order valence-corrected chi connectivity index (χ0v) is 11.9. The Morgan fingerprint density at radius 3 is 2.81 bits per heavy atom. The summed E-state index contributed by atoms with van der Waals surface area (Å²) in [7, 11) is 0. The molecule has 0 aliphatic rings. The van der Waals surface area contributed by atoms with Crippen LogP contribution < -0.4 is 0 Å². The number of carbonyl (C=O) groups excluding carboxylic acids is 1. The molecule has 2 aromatic heterocycles. The molecule has 2 heterocycles. The molecule has 21 heavy (non-hydrogen) atoms. The first-order chi connectivity index (χ1) is 10.2. The third-order valence-corrected chi connectivity index (χ3v) is 3.27. The normalized spacial score (nSPS) is 10.8. The van der Waals surface area contributed by atoms with E-state index in [1.807, 2.05) is 43.3 Å². The quantitative estimate of drug-likeness (QED) is 0.693. The Morgan fingerprint density at radius 1 is 1.24 bits per heavy atom. The summed E-state index contributed by atoms with van der Waals surface area (Å²) in [6, 6.07) is 11.7. The van der Waals surface area contributed by atoms with Crippen molar-refractivity contribution in [3.63, 3.8) is 0 Å². The average Bonchev–Trinajstić information content (AvgIpc) is 2.91. The molecule has 0 amide bonds. The molecule has 0 atom stereocenters. The number of imidazole rings is 1. The van der Waals surface area contributed by atoms with Crippen LogP contribution in [-0.2, 0) is 4.74 Å². The standard InChI is InChI=1S/C16H15N3O2/c1-3-21-16(20)14-10-17-15-9-8-13(18-19(14)15)12-7-5-4-6-11(12)2/h4-10H,3H2,1-2H3. The van der Waals surface area contributed by atoms with E-state index in [9.17, 15) is 4.79 Å². The van der Waals surface area contributed by atoms with Crippen molar-refractivity contribution in [1.82, 2.24) is 14.6 Å². The number of aromatic nitrogens is 3. The van der Waals surface area contributed by atoms with Crippen LogP contribution in [0.3, 0.4) is 0 Å². The van der Waals surface area contributed by atoms with Gasteiger partial charge in [0.15, 0.2) is 11.3 Å². The summed E-state index contributed by atoms with van der Waals surface area (Å²) in [5.41, 5.74) is 3.91. The Balaban J connectivity index is 2.13. The van der Waals surface area contributed by atoms with Gasteiger partial charge in [-0.05, 0) is 31.5 Å². The van der Waals surface area contributed by atoms with Crippen LogP contribution in [0.1, 0.15) is 23.0 Å². The maximum Gasteiger partial charge on any atom is 0.358 e. The van der Waals surface area contributed by atoms with E-state index in [4.69, 9.17) is 4.74 Å². The van der Waals surface area contributed by atoms with E-state index in [1.165, 1.54) is 10.7 Å². The van der Waals surface area contributed by atoms with Crippen molar-refractivity contribution >= 4 is 11.6 Å². The second kappa shape index (κ2) is 5.36. The van der Waals surface area contributed by atoms with Gasteiger partial charge in [0.05, 0.1) is 18.5 Å². The largest absolute Gasteiger partial charge is 0.461 e. The van der Waals surface area contributed by atoms with E-state index >= 15 is 0 Å². The van der Waals surface area contributed by atoms with Gasteiger partial charge in [-0.25, -0.2) is 14.3 Å². The third kappa shape index (κ3) is 2.38. The number of hydrogen-bond donors (Lipinski definition) is 0. The van der Waals surface area contributed by atoms with Crippen LogP contribution in [0.4, 0.5) is 0 Å². The lowest BCUT2D eigenvalue weighted by Crippen LogP contribution is -2.10. The molecule has 3 aromatic rings. The molecule has 0 radical (unpaired) electrons. The first-order valence-corrected chi connectivity index (χ1v) is 6.78.